The molecule has 1 atom stereocenters. The number of rotatable bonds is 3. The Hall–Kier alpha value is -1.36. The van der Waals surface area contributed by atoms with Crippen molar-refractivity contribution < 1.29 is 9.32 Å². The average Bonchev–Trinajstić information content (AvgIpc) is 2.91. The summed E-state index contributed by atoms with van der Waals surface area (Å²) in [5.74, 6) is -0.0417. The second-order valence-electron chi connectivity index (χ2n) is 3.62. The normalized spacial score (nSPS) is 20.5. The topological polar surface area (TPSA) is 58.4 Å². The number of amides is 1. The zero-order valence-corrected chi connectivity index (χ0v) is 8.77. The van der Waals surface area contributed by atoms with Gasteiger partial charge >= 0.3 is 0 Å². The van der Waals surface area contributed by atoms with Crippen molar-refractivity contribution in [3.63, 3.8) is 0 Å². The molecule has 2 heterocycles. The largest absolute Gasteiger partial charge is 0.364 e. The highest BCUT2D eigenvalue weighted by Gasteiger charge is 2.27. The number of aromatic nitrogens is 1. The van der Waals surface area contributed by atoms with Gasteiger partial charge in [0.2, 0.25) is 0 Å². The summed E-state index contributed by atoms with van der Waals surface area (Å²) < 4.78 is 4.68. The molecule has 2 rings (SSSR count). The second-order valence-corrected chi connectivity index (χ2v) is 3.62. The van der Waals surface area contributed by atoms with Gasteiger partial charge in [0.05, 0.1) is 0 Å². The molecule has 1 unspecified atom stereocenters. The number of likely N-dealkylation sites (N-methyl/N-ethyl adjacent to an activating group) is 1. The van der Waals surface area contributed by atoms with Crippen LogP contribution in [0.5, 0.6) is 0 Å². The van der Waals surface area contributed by atoms with E-state index in [1.807, 2.05) is 11.8 Å². The lowest BCUT2D eigenvalue weighted by Gasteiger charge is -2.26. The van der Waals surface area contributed by atoms with E-state index in [4.69, 9.17) is 0 Å². The Morgan fingerprint density at radius 3 is 3.20 bits per heavy atom. The Balaban J connectivity index is 2.09. The summed E-state index contributed by atoms with van der Waals surface area (Å²) in [4.78, 5) is 13.8. The summed E-state index contributed by atoms with van der Waals surface area (Å²) in [6.07, 6.45) is 2.44. The van der Waals surface area contributed by atoms with Gasteiger partial charge in [0, 0.05) is 25.2 Å². The van der Waals surface area contributed by atoms with Gasteiger partial charge in [-0.2, -0.15) is 0 Å². The fourth-order valence-electron chi connectivity index (χ4n) is 1.94. The summed E-state index contributed by atoms with van der Waals surface area (Å²) >= 11 is 0. The maximum Gasteiger partial charge on any atom is 0.276 e. The van der Waals surface area contributed by atoms with Gasteiger partial charge < -0.3 is 14.7 Å². The smallest absolute Gasteiger partial charge is 0.276 e. The quantitative estimate of drug-likeness (QED) is 0.787. The van der Waals surface area contributed by atoms with Gasteiger partial charge in [0.25, 0.3) is 5.91 Å². The maximum absolute atomic E-state index is 12.0. The minimum atomic E-state index is -0.0417. The van der Waals surface area contributed by atoms with E-state index < -0.39 is 0 Å². The monoisotopic (exact) mass is 209 g/mol. The molecule has 1 aromatic heterocycles. The first-order valence-electron chi connectivity index (χ1n) is 5.25. The molecular formula is C10H15N3O2. The third-order valence-corrected chi connectivity index (χ3v) is 2.73. The van der Waals surface area contributed by atoms with Crippen LogP contribution >= 0.6 is 0 Å². The molecule has 5 nitrogen and oxygen atoms in total. The van der Waals surface area contributed by atoms with Crippen LogP contribution in [-0.2, 0) is 0 Å². The third kappa shape index (κ3) is 2.02. The van der Waals surface area contributed by atoms with Crippen LogP contribution in [0.2, 0.25) is 0 Å². The summed E-state index contributed by atoms with van der Waals surface area (Å²) in [6.45, 7) is 4.54. The highest BCUT2D eigenvalue weighted by Crippen LogP contribution is 2.11. The van der Waals surface area contributed by atoms with Crippen LogP contribution in [0, 0.1) is 0 Å². The van der Waals surface area contributed by atoms with E-state index in [0.717, 1.165) is 19.5 Å². The lowest BCUT2D eigenvalue weighted by atomic mass is 10.2. The summed E-state index contributed by atoms with van der Waals surface area (Å²) in [5, 5.41) is 6.92. The van der Waals surface area contributed by atoms with Crippen molar-refractivity contribution in [3.05, 3.63) is 18.0 Å². The number of hydrogen-bond donors (Lipinski definition) is 1. The highest BCUT2D eigenvalue weighted by molar-refractivity contribution is 5.92. The summed E-state index contributed by atoms with van der Waals surface area (Å²) in [5.41, 5.74) is 0.392. The molecule has 5 heteroatoms. The van der Waals surface area contributed by atoms with Gasteiger partial charge in [-0.1, -0.05) is 5.16 Å². The molecule has 1 saturated heterocycles. The van der Waals surface area contributed by atoms with Crippen molar-refractivity contribution in [3.8, 4) is 0 Å². The van der Waals surface area contributed by atoms with Crippen LogP contribution in [0.1, 0.15) is 23.8 Å². The van der Waals surface area contributed by atoms with Gasteiger partial charge in [-0.15, -0.1) is 0 Å². The van der Waals surface area contributed by atoms with E-state index in [9.17, 15) is 4.79 Å². The van der Waals surface area contributed by atoms with Crippen LogP contribution in [0.3, 0.4) is 0 Å². The van der Waals surface area contributed by atoms with E-state index in [1.54, 1.807) is 6.07 Å². The van der Waals surface area contributed by atoms with Gasteiger partial charge in [0.15, 0.2) is 5.69 Å². The van der Waals surface area contributed by atoms with Crippen molar-refractivity contribution in [2.45, 2.75) is 19.4 Å². The number of nitrogens with one attached hydrogen (secondary N) is 1. The van der Waals surface area contributed by atoms with Gasteiger partial charge in [-0.05, 0) is 19.9 Å². The number of carbonyl (C=O) groups excluding carboxylic acids is 1. The molecule has 0 saturated carbocycles. The van der Waals surface area contributed by atoms with Crippen LogP contribution in [0.4, 0.5) is 0 Å². The SMILES string of the molecule is CCN(C(=O)c1ccon1)C1CCNC1. The zero-order chi connectivity index (χ0) is 10.7. The molecule has 1 aliphatic rings. The van der Waals surface area contributed by atoms with Crippen LogP contribution in [-0.4, -0.2) is 41.6 Å². The fourth-order valence-corrected chi connectivity index (χ4v) is 1.94. The third-order valence-electron chi connectivity index (χ3n) is 2.73. The van der Waals surface area contributed by atoms with Crippen molar-refractivity contribution in [1.29, 1.82) is 0 Å². The van der Waals surface area contributed by atoms with E-state index >= 15 is 0 Å². The molecule has 1 amide bonds. The first-order valence-corrected chi connectivity index (χ1v) is 5.25. The minimum Gasteiger partial charge on any atom is -0.364 e. The predicted octanol–water partition coefficient (Wildman–Crippen LogP) is 0.499. The molecule has 0 aliphatic carbocycles. The predicted molar refractivity (Wildman–Crippen MR) is 54.5 cm³/mol. The van der Waals surface area contributed by atoms with E-state index in [0.29, 0.717) is 18.3 Å². The molecule has 15 heavy (non-hydrogen) atoms. The molecule has 0 spiro atoms. The molecular weight excluding hydrogens is 194 g/mol. The van der Waals surface area contributed by atoms with Crippen LogP contribution in [0.25, 0.3) is 0 Å². The molecule has 0 radical (unpaired) electrons. The Bertz CT molecular complexity index is 317. The van der Waals surface area contributed by atoms with E-state index in [-0.39, 0.29) is 5.91 Å². The van der Waals surface area contributed by atoms with Crippen molar-refractivity contribution in [2.75, 3.05) is 19.6 Å². The van der Waals surface area contributed by atoms with Gasteiger partial charge in [0.1, 0.15) is 6.26 Å². The molecule has 82 valence electrons. The van der Waals surface area contributed by atoms with Crippen molar-refractivity contribution in [1.82, 2.24) is 15.4 Å². The van der Waals surface area contributed by atoms with Crippen molar-refractivity contribution in [2.24, 2.45) is 0 Å². The van der Waals surface area contributed by atoms with Crippen LogP contribution in [0.15, 0.2) is 16.9 Å². The lowest BCUT2D eigenvalue weighted by Crippen LogP contribution is -2.41. The minimum absolute atomic E-state index is 0.0417. The Morgan fingerprint density at radius 2 is 2.67 bits per heavy atom. The Morgan fingerprint density at radius 1 is 1.80 bits per heavy atom. The highest BCUT2D eigenvalue weighted by atomic mass is 16.5. The van der Waals surface area contributed by atoms with Crippen molar-refractivity contribution >= 4 is 5.91 Å². The number of carbonyl (C=O) groups is 1. The molecule has 1 N–H and O–H groups in total. The average molecular weight is 209 g/mol. The first kappa shape index (κ1) is 10.2. The lowest BCUT2D eigenvalue weighted by molar-refractivity contribution is 0.0693. The first-order chi connectivity index (χ1) is 7.33. The Labute approximate surface area is 88.4 Å². The summed E-state index contributed by atoms with van der Waals surface area (Å²) in [7, 11) is 0. The van der Waals surface area contributed by atoms with E-state index in [2.05, 4.69) is 15.0 Å². The van der Waals surface area contributed by atoms with Crippen LogP contribution < -0.4 is 5.32 Å². The molecule has 1 aliphatic heterocycles. The fraction of sp³-hybridized carbons (Fsp3) is 0.600. The second kappa shape index (κ2) is 4.44. The number of nitrogens with zero attached hydrogens (tertiary/aromatic N) is 2. The summed E-state index contributed by atoms with van der Waals surface area (Å²) in [6, 6.07) is 1.90. The van der Waals surface area contributed by atoms with Gasteiger partial charge in [-0.3, -0.25) is 4.79 Å². The van der Waals surface area contributed by atoms with Gasteiger partial charge in [-0.25, -0.2) is 0 Å². The zero-order valence-electron chi connectivity index (χ0n) is 8.77. The Kier molecular flexibility index (Phi) is 3.01. The molecule has 1 aromatic rings. The molecule has 0 aromatic carbocycles. The molecule has 0 bridgehead atoms. The standard InChI is InChI=1S/C10H15N3O2/c1-2-13(8-3-5-11-7-8)10(14)9-4-6-15-12-9/h4,6,8,11H,2-3,5,7H2,1H3. The molecule has 1 fully saturated rings. The van der Waals surface area contributed by atoms with E-state index in [1.165, 1.54) is 6.26 Å². The number of hydrogen-bond acceptors (Lipinski definition) is 4. The maximum atomic E-state index is 12.0.